The molecule has 5 N–H and O–H groups in total. The van der Waals surface area contributed by atoms with Gasteiger partial charge in [-0.15, -0.1) is 0 Å². The van der Waals surface area contributed by atoms with E-state index in [0.29, 0.717) is 22.3 Å². The Morgan fingerprint density at radius 2 is 1.85 bits per heavy atom. The predicted octanol–water partition coefficient (Wildman–Crippen LogP) is 4.25. The summed E-state index contributed by atoms with van der Waals surface area (Å²) < 4.78 is 28.5. The lowest BCUT2D eigenvalue weighted by atomic mass is 9.99. The Balaban J connectivity index is 1.76. The van der Waals surface area contributed by atoms with Crippen LogP contribution in [0.5, 0.6) is 0 Å². The number of anilines is 3. The van der Waals surface area contributed by atoms with Crippen molar-refractivity contribution < 1.29 is 13.9 Å². The number of nitrogen functional groups attached to an aromatic ring is 1. The van der Waals surface area contributed by atoms with Crippen molar-refractivity contribution in [1.29, 1.82) is 0 Å². The molecule has 0 saturated heterocycles. The number of nitrogens with zero attached hydrogens (tertiary/aromatic N) is 1. The van der Waals surface area contributed by atoms with Crippen molar-refractivity contribution in [2.24, 2.45) is 0 Å². The van der Waals surface area contributed by atoms with Gasteiger partial charge in [-0.2, -0.15) is 0 Å². The van der Waals surface area contributed by atoms with Gasteiger partial charge in [0.2, 0.25) is 0 Å². The van der Waals surface area contributed by atoms with Crippen LogP contribution in [0.3, 0.4) is 0 Å². The average Bonchev–Trinajstić information content (AvgIpc) is 3.09. The summed E-state index contributed by atoms with van der Waals surface area (Å²) in [5, 5.41) is 14.4. The smallest absolute Gasteiger partial charge is 0.155 e. The predicted molar refractivity (Wildman–Crippen MR) is 101 cm³/mol. The van der Waals surface area contributed by atoms with Crippen molar-refractivity contribution in [3.05, 3.63) is 83.7 Å². The summed E-state index contributed by atoms with van der Waals surface area (Å²) in [5.74, 6) is -1.83. The van der Waals surface area contributed by atoms with Gasteiger partial charge in [0.15, 0.2) is 5.82 Å². The Morgan fingerprint density at radius 1 is 1.07 bits per heavy atom. The fraction of sp³-hybridized carbons (Fsp3) is 0.0500. The van der Waals surface area contributed by atoms with Gasteiger partial charge in [0.05, 0.1) is 23.1 Å². The van der Waals surface area contributed by atoms with Crippen LogP contribution in [0, 0.1) is 11.6 Å². The maximum atomic E-state index is 14.3. The summed E-state index contributed by atoms with van der Waals surface area (Å²) in [7, 11) is 0. The zero-order valence-electron chi connectivity index (χ0n) is 14.1. The molecular weight excluding hydrogens is 350 g/mol. The molecule has 4 aromatic rings. The molecule has 5 nitrogen and oxygen atoms in total. The number of fused-ring (bicyclic) bond motifs is 1. The fourth-order valence-corrected chi connectivity index (χ4v) is 3.00. The number of hydrogen-bond acceptors (Lipinski definition) is 4. The number of nitrogens with two attached hydrogens (primary N) is 1. The van der Waals surface area contributed by atoms with E-state index in [2.05, 4.69) is 15.3 Å². The zero-order chi connectivity index (χ0) is 19.0. The van der Waals surface area contributed by atoms with Crippen LogP contribution < -0.4 is 11.1 Å². The molecule has 0 aliphatic carbocycles. The molecule has 1 atom stereocenters. The van der Waals surface area contributed by atoms with Gasteiger partial charge in [-0.3, -0.25) is 0 Å². The van der Waals surface area contributed by atoms with E-state index in [1.807, 2.05) is 30.3 Å². The molecule has 2 heterocycles. The summed E-state index contributed by atoms with van der Waals surface area (Å²) in [5.41, 5.74) is 7.14. The maximum Gasteiger partial charge on any atom is 0.155 e. The van der Waals surface area contributed by atoms with Crippen LogP contribution in [-0.2, 0) is 0 Å². The van der Waals surface area contributed by atoms with Crippen LogP contribution in [0.25, 0.3) is 11.0 Å². The second-order valence-electron chi connectivity index (χ2n) is 6.12. The number of aromatic amines is 1. The van der Waals surface area contributed by atoms with Crippen LogP contribution in [0.15, 0.2) is 60.9 Å². The van der Waals surface area contributed by atoms with Gasteiger partial charge in [0, 0.05) is 22.8 Å². The number of aromatic nitrogens is 2. The minimum Gasteiger partial charge on any atom is -0.396 e. The van der Waals surface area contributed by atoms with Gasteiger partial charge in [0.1, 0.15) is 17.6 Å². The van der Waals surface area contributed by atoms with Gasteiger partial charge in [-0.05, 0) is 30.3 Å². The molecule has 136 valence electrons. The van der Waals surface area contributed by atoms with E-state index < -0.39 is 23.3 Å². The number of pyridine rings is 1. The first-order valence-corrected chi connectivity index (χ1v) is 8.25. The van der Waals surface area contributed by atoms with Crippen LogP contribution in [-0.4, -0.2) is 15.1 Å². The third-order valence-corrected chi connectivity index (χ3v) is 4.35. The van der Waals surface area contributed by atoms with E-state index >= 15 is 0 Å². The van der Waals surface area contributed by atoms with Crippen molar-refractivity contribution in [1.82, 2.24) is 9.97 Å². The lowest BCUT2D eigenvalue weighted by molar-refractivity contribution is 0.211. The van der Waals surface area contributed by atoms with Gasteiger partial charge >= 0.3 is 0 Å². The summed E-state index contributed by atoms with van der Waals surface area (Å²) in [4.78, 5) is 7.20. The molecule has 0 bridgehead atoms. The molecule has 0 aliphatic heterocycles. The highest BCUT2D eigenvalue weighted by Gasteiger charge is 2.24. The van der Waals surface area contributed by atoms with Crippen molar-refractivity contribution >= 4 is 28.1 Å². The summed E-state index contributed by atoms with van der Waals surface area (Å²) in [6.07, 6.45) is 1.58. The quantitative estimate of drug-likeness (QED) is 0.407. The normalized spacial score (nSPS) is 12.3. The van der Waals surface area contributed by atoms with Gasteiger partial charge < -0.3 is 21.1 Å². The van der Waals surface area contributed by atoms with E-state index in [1.54, 1.807) is 12.3 Å². The second kappa shape index (κ2) is 6.69. The van der Waals surface area contributed by atoms with Crippen LogP contribution in [0.2, 0.25) is 0 Å². The number of para-hydroxylation sites is 1. The van der Waals surface area contributed by atoms with E-state index in [1.165, 1.54) is 6.20 Å². The van der Waals surface area contributed by atoms with E-state index in [4.69, 9.17) is 5.73 Å². The second-order valence-corrected chi connectivity index (χ2v) is 6.12. The van der Waals surface area contributed by atoms with Crippen LogP contribution >= 0.6 is 0 Å². The van der Waals surface area contributed by atoms with Crippen molar-refractivity contribution in [3.63, 3.8) is 0 Å². The number of halogens is 2. The zero-order valence-corrected chi connectivity index (χ0v) is 14.1. The molecule has 0 radical (unpaired) electrons. The lowest BCUT2D eigenvalue weighted by Gasteiger charge is -2.14. The molecule has 0 aliphatic rings. The average molecular weight is 366 g/mol. The third-order valence-electron chi connectivity index (χ3n) is 4.35. The Morgan fingerprint density at radius 3 is 2.63 bits per heavy atom. The Bertz CT molecular complexity index is 1110. The minimum atomic E-state index is -1.53. The van der Waals surface area contributed by atoms with Crippen molar-refractivity contribution in [2.45, 2.75) is 6.10 Å². The number of H-pyrrole nitrogens is 1. The SMILES string of the molecule is Nc1ccc(F)c(C(O)c2c[nH]c3ncc(Nc4ccccc4)cc23)c1F. The van der Waals surface area contributed by atoms with Crippen molar-refractivity contribution in [2.75, 3.05) is 11.1 Å². The van der Waals surface area contributed by atoms with E-state index in [9.17, 15) is 13.9 Å². The fourth-order valence-electron chi connectivity index (χ4n) is 3.00. The monoisotopic (exact) mass is 366 g/mol. The van der Waals surface area contributed by atoms with Crippen molar-refractivity contribution in [3.8, 4) is 0 Å². The minimum absolute atomic E-state index is 0.227. The summed E-state index contributed by atoms with van der Waals surface area (Å²) in [6, 6.07) is 13.4. The molecule has 2 aromatic carbocycles. The molecule has 27 heavy (non-hydrogen) atoms. The van der Waals surface area contributed by atoms with Crippen LogP contribution in [0.4, 0.5) is 25.8 Å². The number of rotatable bonds is 4. The molecule has 4 rings (SSSR count). The highest BCUT2D eigenvalue weighted by molar-refractivity contribution is 5.84. The van der Waals surface area contributed by atoms with E-state index in [-0.39, 0.29) is 5.69 Å². The number of aliphatic hydroxyl groups is 1. The first-order valence-electron chi connectivity index (χ1n) is 8.25. The standard InChI is InChI=1S/C20H16F2N4O/c21-15-6-7-16(23)18(22)17(15)19(27)14-10-25-20-13(14)8-12(9-24-20)26-11-4-2-1-3-5-11/h1-10,19,26-27H,23H2,(H,24,25). The first-order chi connectivity index (χ1) is 13.0. The topological polar surface area (TPSA) is 87.0 Å². The number of benzene rings is 2. The number of nitrogens with one attached hydrogen (secondary N) is 2. The molecule has 0 saturated carbocycles. The Labute approximate surface area is 153 Å². The highest BCUT2D eigenvalue weighted by Crippen LogP contribution is 2.34. The molecule has 0 fully saturated rings. The van der Waals surface area contributed by atoms with Gasteiger partial charge in [-0.25, -0.2) is 13.8 Å². The molecule has 0 amide bonds. The molecule has 1 unspecified atom stereocenters. The van der Waals surface area contributed by atoms with Gasteiger partial charge in [0.25, 0.3) is 0 Å². The maximum absolute atomic E-state index is 14.3. The van der Waals surface area contributed by atoms with Crippen LogP contribution in [0.1, 0.15) is 17.2 Å². The van der Waals surface area contributed by atoms with E-state index in [0.717, 1.165) is 17.8 Å². The largest absolute Gasteiger partial charge is 0.396 e. The molecular formula is C20H16F2N4O. The Hall–Kier alpha value is -3.45. The number of aliphatic hydroxyl groups excluding tert-OH is 1. The number of hydrogen-bond donors (Lipinski definition) is 4. The first kappa shape index (κ1) is 17.0. The molecule has 0 spiro atoms. The molecule has 2 aromatic heterocycles. The Kier molecular flexibility index (Phi) is 4.21. The summed E-state index contributed by atoms with van der Waals surface area (Å²) in [6.45, 7) is 0. The molecule has 7 heteroatoms. The lowest BCUT2D eigenvalue weighted by Crippen LogP contribution is -2.07. The highest BCUT2D eigenvalue weighted by atomic mass is 19.1. The third kappa shape index (κ3) is 3.09. The summed E-state index contributed by atoms with van der Waals surface area (Å²) >= 11 is 0. The van der Waals surface area contributed by atoms with Gasteiger partial charge in [-0.1, -0.05) is 18.2 Å².